The summed E-state index contributed by atoms with van der Waals surface area (Å²) in [4.78, 5) is 13.1. The van der Waals surface area contributed by atoms with Crippen LogP contribution in [0.15, 0.2) is 36.5 Å². The molecule has 74 heavy (non-hydrogen) atoms. The second-order valence-corrected chi connectivity index (χ2v) is 22.5. The number of hydrogen-bond acceptors (Lipinski definition) is 8. The minimum Gasteiger partial charge on any atom is -0.394 e. The molecular weight excluding hydrogens is 923 g/mol. The summed E-state index contributed by atoms with van der Waals surface area (Å²) < 4.78 is 11.3. The van der Waals surface area contributed by atoms with Crippen LogP contribution in [0.2, 0.25) is 0 Å². The zero-order valence-corrected chi connectivity index (χ0v) is 48.6. The highest BCUT2D eigenvalue weighted by Gasteiger charge is 2.44. The van der Waals surface area contributed by atoms with E-state index < -0.39 is 49.5 Å². The maximum atomic E-state index is 13.1. The quantitative estimate of drug-likeness (QED) is 0.0261. The average molecular weight is 1050 g/mol. The lowest BCUT2D eigenvalue weighted by molar-refractivity contribution is -0.302. The van der Waals surface area contributed by atoms with Gasteiger partial charge in [-0.1, -0.05) is 288 Å². The molecule has 1 amide bonds. The molecule has 9 nitrogen and oxygen atoms in total. The van der Waals surface area contributed by atoms with Crippen molar-refractivity contribution in [2.75, 3.05) is 13.2 Å². The summed E-state index contributed by atoms with van der Waals surface area (Å²) in [6.45, 7) is 3.81. The van der Waals surface area contributed by atoms with Crippen molar-refractivity contribution in [2.24, 2.45) is 0 Å². The van der Waals surface area contributed by atoms with Crippen molar-refractivity contribution in [3.05, 3.63) is 36.5 Å². The number of carbonyl (C=O) groups is 1. The number of carbonyl (C=O) groups excluding carboxylic acids is 1. The molecule has 1 heterocycles. The maximum absolute atomic E-state index is 13.1. The van der Waals surface area contributed by atoms with Crippen molar-refractivity contribution in [2.45, 2.75) is 358 Å². The third kappa shape index (κ3) is 43.4. The largest absolute Gasteiger partial charge is 0.394 e. The first-order valence-electron chi connectivity index (χ1n) is 32.2. The van der Waals surface area contributed by atoms with Crippen LogP contribution in [0.1, 0.15) is 316 Å². The highest BCUT2D eigenvalue weighted by Crippen LogP contribution is 2.23. The van der Waals surface area contributed by atoms with E-state index in [2.05, 4.69) is 43.5 Å². The molecule has 7 atom stereocenters. The van der Waals surface area contributed by atoms with Crippen LogP contribution in [0, 0.1) is 0 Å². The van der Waals surface area contributed by atoms with Crippen molar-refractivity contribution in [1.82, 2.24) is 5.32 Å². The lowest BCUT2D eigenvalue weighted by atomic mass is 9.99. The Labute approximate surface area is 457 Å². The molecule has 7 unspecified atom stereocenters. The van der Waals surface area contributed by atoms with E-state index in [4.69, 9.17) is 9.47 Å². The van der Waals surface area contributed by atoms with Gasteiger partial charge in [-0.05, 0) is 57.8 Å². The van der Waals surface area contributed by atoms with Crippen molar-refractivity contribution < 1.29 is 39.8 Å². The maximum Gasteiger partial charge on any atom is 0.220 e. The van der Waals surface area contributed by atoms with Gasteiger partial charge in [-0.25, -0.2) is 0 Å². The lowest BCUT2D eigenvalue weighted by Crippen LogP contribution is -2.60. The third-order valence-electron chi connectivity index (χ3n) is 15.4. The summed E-state index contributed by atoms with van der Waals surface area (Å²) in [5.41, 5.74) is 0. The first kappa shape index (κ1) is 70.4. The molecule has 1 aliphatic heterocycles. The molecule has 0 aromatic rings. The molecule has 0 radical (unpaired) electrons. The number of allylic oxidation sites excluding steroid dienone is 5. The van der Waals surface area contributed by atoms with Gasteiger partial charge in [-0.2, -0.15) is 0 Å². The molecule has 0 aliphatic carbocycles. The summed E-state index contributed by atoms with van der Waals surface area (Å²) in [7, 11) is 0. The van der Waals surface area contributed by atoms with Gasteiger partial charge in [0.2, 0.25) is 5.91 Å². The highest BCUT2D eigenvalue weighted by molar-refractivity contribution is 5.76. The molecule has 1 rings (SSSR count). The fraction of sp³-hybridized carbons (Fsp3) is 0.892. The van der Waals surface area contributed by atoms with Gasteiger partial charge in [-0.3, -0.25) is 4.79 Å². The molecule has 0 bridgehead atoms. The lowest BCUT2D eigenvalue weighted by Gasteiger charge is -2.40. The van der Waals surface area contributed by atoms with Gasteiger partial charge in [0, 0.05) is 6.42 Å². The van der Waals surface area contributed by atoms with Crippen LogP contribution in [0.5, 0.6) is 0 Å². The highest BCUT2D eigenvalue weighted by atomic mass is 16.7. The first-order chi connectivity index (χ1) is 36.3. The SMILES string of the molecule is CCCCCCCCCC/C=C\CCCCCCCCCCCCCCCCCCCC(=O)NC(COC1OC(CO)C(O)C(O)C1O)C(O)/C=C/CC/C=C/CCCCCCCCCCCCCCCCCC. The minimum absolute atomic E-state index is 0.181. The first-order valence-corrected chi connectivity index (χ1v) is 32.2. The molecule has 0 saturated carbocycles. The van der Waals surface area contributed by atoms with E-state index in [1.165, 1.54) is 257 Å². The van der Waals surface area contributed by atoms with Crippen LogP contribution >= 0.6 is 0 Å². The number of hydrogen-bond donors (Lipinski definition) is 6. The monoisotopic (exact) mass is 1050 g/mol. The van der Waals surface area contributed by atoms with E-state index in [-0.39, 0.29) is 12.5 Å². The van der Waals surface area contributed by atoms with Crippen molar-refractivity contribution >= 4 is 5.91 Å². The van der Waals surface area contributed by atoms with Crippen LogP contribution in [0.4, 0.5) is 0 Å². The number of ether oxygens (including phenoxy) is 2. The Hall–Kier alpha value is -1.59. The molecule has 0 aromatic heterocycles. The molecule has 1 saturated heterocycles. The normalized spacial score (nSPS) is 19.1. The molecule has 0 aromatic carbocycles. The van der Waals surface area contributed by atoms with Gasteiger partial charge in [0.1, 0.15) is 24.4 Å². The Morgan fingerprint density at radius 3 is 1.14 bits per heavy atom. The standard InChI is InChI=1S/C65H123NO8/c1-3-5-7-9-11-13-15-17-19-21-23-25-27-28-29-30-31-32-33-35-37-39-41-43-45-47-49-51-53-55-61(69)66-58(57-73-65-64(72)63(71)62(70)60(56-67)74-65)59(68)54-52-50-48-46-44-42-40-38-36-34-26-24-22-20-18-16-14-12-10-8-6-4-2/h21,23,44,46,52,54,58-60,62-65,67-68,70-72H,3-20,22,24-43,45,47-51,53,55-57H2,1-2H3,(H,66,69)/b23-21-,46-44+,54-52+. The van der Waals surface area contributed by atoms with Crippen LogP contribution < -0.4 is 5.32 Å². The van der Waals surface area contributed by atoms with Gasteiger partial charge < -0.3 is 40.3 Å². The zero-order valence-electron chi connectivity index (χ0n) is 48.6. The van der Waals surface area contributed by atoms with Gasteiger partial charge >= 0.3 is 0 Å². The number of amides is 1. The summed E-state index contributed by atoms with van der Waals surface area (Å²) in [6, 6.07) is -0.821. The van der Waals surface area contributed by atoms with E-state index in [9.17, 15) is 30.3 Å². The number of aliphatic hydroxyl groups excluding tert-OH is 5. The van der Waals surface area contributed by atoms with Crippen LogP contribution in [0.25, 0.3) is 0 Å². The number of rotatable bonds is 56. The molecule has 436 valence electrons. The second-order valence-electron chi connectivity index (χ2n) is 22.5. The summed E-state index contributed by atoms with van der Waals surface area (Å²) in [5, 5.41) is 54.6. The second kappa shape index (κ2) is 54.8. The Morgan fingerprint density at radius 2 is 0.770 bits per heavy atom. The third-order valence-corrected chi connectivity index (χ3v) is 15.4. The Balaban J connectivity index is 2.17. The summed E-state index contributed by atoms with van der Waals surface area (Å²) in [6.07, 6.45) is 65.2. The van der Waals surface area contributed by atoms with Crippen molar-refractivity contribution in [1.29, 1.82) is 0 Å². The van der Waals surface area contributed by atoms with E-state index in [0.29, 0.717) is 6.42 Å². The van der Waals surface area contributed by atoms with Crippen LogP contribution in [-0.2, 0) is 14.3 Å². The fourth-order valence-electron chi connectivity index (χ4n) is 10.3. The molecule has 6 N–H and O–H groups in total. The van der Waals surface area contributed by atoms with E-state index in [1.807, 2.05) is 6.08 Å². The topological polar surface area (TPSA) is 149 Å². The van der Waals surface area contributed by atoms with E-state index in [0.717, 1.165) is 38.5 Å². The van der Waals surface area contributed by atoms with Gasteiger partial charge in [-0.15, -0.1) is 0 Å². The zero-order chi connectivity index (χ0) is 53.6. The summed E-state index contributed by atoms with van der Waals surface area (Å²) >= 11 is 0. The molecule has 1 aliphatic rings. The van der Waals surface area contributed by atoms with Crippen molar-refractivity contribution in [3.63, 3.8) is 0 Å². The molecule has 1 fully saturated rings. The van der Waals surface area contributed by atoms with Gasteiger partial charge in [0.25, 0.3) is 0 Å². The minimum atomic E-state index is -1.57. The van der Waals surface area contributed by atoms with E-state index in [1.54, 1.807) is 6.08 Å². The number of unbranched alkanes of at least 4 members (excludes halogenated alkanes) is 42. The Kier molecular flexibility index (Phi) is 52.1. The van der Waals surface area contributed by atoms with Crippen LogP contribution in [-0.4, -0.2) is 87.5 Å². The van der Waals surface area contributed by atoms with Gasteiger partial charge in [0.15, 0.2) is 6.29 Å². The number of nitrogens with one attached hydrogen (secondary N) is 1. The molecule has 9 heteroatoms. The average Bonchev–Trinajstić information content (AvgIpc) is 3.40. The molecule has 0 spiro atoms. The van der Waals surface area contributed by atoms with Gasteiger partial charge in [0.05, 0.1) is 25.4 Å². The van der Waals surface area contributed by atoms with Crippen molar-refractivity contribution in [3.8, 4) is 0 Å². The van der Waals surface area contributed by atoms with Crippen LogP contribution in [0.3, 0.4) is 0 Å². The predicted octanol–water partition coefficient (Wildman–Crippen LogP) is 16.7. The Morgan fingerprint density at radius 1 is 0.446 bits per heavy atom. The fourth-order valence-corrected chi connectivity index (χ4v) is 10.3. The number of aliphatic hydroxyl groups is 5. The Bertz CT molecular complexity index is 1260. The predicted molar refractivity (Wildman–Crippen MR) is 313 cm³/mol. The smallest absolute Gasteiger partial charge is 0.220 e. The summed E-state index contributed by atoms with van der Waals surface area (Å²) in [5.74, 6) is -0.181. The van der Waals surface area contributed by atoms with E-state index >= 15 is 0 Å². The molecular formula is C65H123NO8.